The van der Waals surface area contributed by atoms with E-state index in [9.17, 15) is 14.0 Å². The summed E-state index contributed by atoms with van der Waals surface area (Å²) in [4.78, 5) is 25.4. The number of nitrogens with one attached hydrogen (secondary N) is 1. The summed E-state index contributed by atoms with van der Waals surface area (Å²) >= 11 is 5.93. The molecule has 2 rings (SSSR count). The van der Waals surface area contributed by atoms with Crippen LogP contribution in [-0.2, 0) is 4.79 Å². The molecule has 2 amide bonds. The van der Waals surface area contributed by atoms with Crippen molar-refractivity contribution in [1.82, 2.24) is 10.2 Å². The van der Waals surface area contributed by atoms with Gasteiger partial charge in [-0.3, -0.25) is 9.59 Å². The molecule has 0 aromatic heterocycles. The molecule has 2 aromatic rings. The summed E-state index contributed by atoms with van der Waals surface area (Å²) in [5.74, 6) is -1.04. The van der Waals surface area contributed by atoms with Gasteiger partial charge in [0, 0.05) is 7.05 Å². The first-order valence-corrected chi connectivity index (χ1v) is 8.01. The first-order chi connectivity index (χ1) is 12.0. The van der Waals surface area contributed by atoms with Crippen LogP contribution in [0.3, 0.4) is 0 Å². The van der Waals surface area contributed by atoms with Gasteiger partial charge in [0.2, 0.25) is 5.91 Å². The van der Waals surface area contributed by atoms with Gasteiger partial charge in [0.15, 0.2) is 11.6 Å². The lowest BCUT2D eigenvalue weighted by molar-refractivity contribution is -0.129. The van der Waals surface area contributed by atoms with Gasteiger partial charge in [-0.25, -0.2) is 4.39 Å². The standard InChI is InChI=1S/C18H18ClFN2O3/c1-22(10-11-25-16-9-5-4-8-15(16)20)17(23)12-21-18(24)13-6-2-3-7-14(13)19/h2-9H,10-12H2,1H3,(H,21,24). The molecule has 0 saturated carbocycles. The fourth-order valence-electron chi connectivity index (χ4n) is 2.01. The van der Waals surface area contributed by atoms with E-state index in [0.29, 0.717) is 10.6 Å². The van der Waals surface area contributed by atoms with E-state index < -0.39 is 11.7 Å². The van der Waals surface area contributed by atoms with Crippen molar-refractivity contribution in [2.45, 2.75) is 0 Å². The van der Waals surface area contributed by atoms with E-state index in [1.807, 2.05) is 0 Å². The topological polar surface area (TPSA) is 58.6 Å². The molecule has 7 heteroatoms. The monoisotopic (exact) mass is 364 g/mol. The Bertz CT molecular complexity index is 755. The van der Waals surface area contributed by atoms with Crippen LogP contribution in [0.4, 0.5) is 4.39 Å². The van der Waals surface area contributed by atoms with Crippen LogP contribution in [-0.4, -0.2) is 43.5 Å². The second kappa shape index (κ2) is 9.03. The fraction of sp³-hybridized carbons (Fsp3) is 0.222. The molecule has 25 heavy (non-hydrogen) atoms. The first-order valence-electron chi connectivity index (χ1n) is 7.63. The van der Waals surface area contributed by atoms with E-state index in [0.717, 1.165) is 0 Å². The molecule has 0 aliphatic rings. The Labute approximate surface area is 150 Å². The molecule has 0 unspecified atom stereocenters. The van der Waals surface area contributed by atoms with Gasteiger partial charge >= 0.3 is 0 Å². The maximum absolute atomic E-state index is 13.4. The third kappa shape index (κ3) is 5.46. The zero-order chi connectivity index (χ0) is 18.2. The molecule has 0 heterocycles. The van der Waals surface area contributed by atoms with Crippen molar-refractivity contribution in [3.63, 3.8) is 0 Å². The Morgan fingerprint density at radius 3 is 2.56 bits per heavy atom. The molecule has 0 fully saturated rings. The molecule has 132 valence electrons. The number of carbonyl (C=O) groups excluding carboxylic acids is 2. The SMILES string of the molecule is CN(CCOc1ccccc1F)C(=O)CNC(=O)c1ccccc1Cl. The van der Waals surface area contributed by atoms with Gasteiger partial charge in [-0.05, 0) is 24.3 Å². The van der Waals surface area contributed by atoms with Crippen LogP contribution in [0.1, 0.15) is 10.4 Å². The summed E-state index contributed by atoms with van der Waals surface area (Å²) in [7, 11) is 1.58. The Balaban J connectivity index is 1.76. The van der Waals surface area contributed by atoms with E-state index in [4.69, 9.17) is 16.3 Å². The second-order valence-corrected chi connectivity index (χ2v) is 5.66. The third-order valence-corrected chi connectivity index (χ3v) is 3.79. The molecule has 0 radical (unpaired) electrons. The largest absolute Gasteiger partial charge is 0.489 e. The maximum atomic E-state index is 13.4. The summed E-state index contributed by atoms with van der Waals surface area (Å²) in [6, 6.07) is 12.6. The molecule has 0 bridgehead atoms. The lowest BCUT2D eigenvalue weighted by Gasteiger charge is -2.18. The minimum atomic E-state index is -0.455. The summed E-state index contributed by atoms with van der Waals surface area (Å²) in [5.41, 5.74) is 0.308. The van der Waals surface area contributed by atoms with Crippen molar-refractivity contribution in [3.8, 4) is 5.75 Å². The van der Waals surface area contributed by atoms with Gasteiger partial charge in [-0.2, -0.15) is 0 Å². The number of benzene rings is 2. The lowest BCUT2D eigenvalue weighted by Crippen LogP contribution is -2.39. The van der Waals surface area contributed by atoms with Crippen LogP contribution in [0.15, 0.2) is 48.5 Å². The van der Waals surface area contributed by atoms with E-state index in [-0.39, 0.29) is 31.4 Å². The highest BCUT2D eigenvalue weighted by molar-refractivity contribution is 6.33. The second-order valence-electron chi connectivity index (χ2n) is 5.26. The molecule has 0 atom stereocenters. The minimum Gasteiger partial charge on any atom is -0.489 e. The molecular formula is C18H18ClFN2O3. The van der Waals surface area contributed by atoms with Gasteiger partial charge in [-0.15, -0.1) is 0 Å². The molecule has 1 N–H and O–H groups in total. The summed E-state index contributed by atoms with van der Waals surface area (Å²) in [5, 5.41) is 2.84. The predicted molar refractivity (Wildman–Crippen MR) is 93.3 cm³/mol. The first kappa shape index (κ1) is 18.7. The molecule has 0 aliphatic heterocycles. The number of nitrogens with zero attached hydrogens (tertiary/aromatic N) is 1. The molecule has 0 saturated heterocycles. The number of carbonyl (C=O) groups is 2. The minimum absolute atomic E-state index is 0.135. The number of ether oxygens (including phenoxy) is 1. The Morgan fingerprint density at radius 2 is 1.84 bits per heavy atom. The van der Waals surface area contributed by atoms with Crippen LogP contribution in [0.25, 0.3) is 0 Å². The van der Waals surface area contributed by atoms with Gasteiger partial charge in [0.05, 0.1) is 23.7 Å². The normalized spacial score (nSPS) is 10.2. The van der Waals surface area contributed by atoms with Crippen LogP contribution < -0.4 is 10.1 Å². The van der Waals surface area contributed by atoms with Crippen LogP contribution in [0, 0.1) is 5.82 Å². The van der Waals surface area contributed by atoms with E-state index in [1.54, 1.807) is 43.4 Å². The fourth-order valence-corrected chi connectivity index (χ4v) is 2.23. The number of para-hydroxylation sites is 1. The molecule has 0 spiro atoms. The highest BCUT2D eigenvalue weighted by atomic mass is 35.5. The molecular weight excluding hydrogens is 347 g/mol. The highest BCUT2D eigenvalue weighted by Gasteiger charge is 2.13. The predicted octanol–water partition coefficient (Wildman–Crippen LogP) is 2.75. The van der Waals surface area contributed by atoms with Crippen LogP contribution >= 0.6 is 11.6 Å². The Morgan fingerprint density at radius 1 is 1.16 bits per heavy atom. The van der Waals surface area contributed by atoms with Crippen molar-refractivity contribution < 1.29 is 18.7 Å². The number of hydrogen-bond acceptors (Lipinski definition) is 3. The number of halogens is 2. The maximum Gasteiger partial charge on any atom is 0.253 e. The Hall–Kier alpha value is -2.60. The average Bonchev–Trinajstić information content (AvgIpc) is 2.61. The smallest absolute Gasteiger partial charge is 0.253 e. The number of amides is 2. The van der Waals surface area contributed by atoms with Crippen molar-refractivity contribution in [3.05, 3.63) is 64.9 Å². The number of rotatable bonds is 7. The van der Waals surface area contributed by atoms with Gasteiger partial charge < -0.3 is 15.0 Å². The molecule has 5 nitrogen and oxygen atoms in total. The van der Waals surface area contributed by atoms with Crippen molar-refractivity contribution in [2.24, 2.45) is 0 Å². The highest BCUT2D eigenvalue weighted by Crippen LogP contribution is 2.15. The van der Waals surface area contributed by atoms with E-state index in [2.05, 4.69) is 5.32 Å². The van der Waals surface area contributed by atoms with E-state index >= 15 is 0 Å². The number of hydrogen-bond donors (Lipinski definition) is 1. The third-order valence-electron chi connectivity index (χ3n) is 3.47. The molecule has 0 aliphatic carbocycles. The Kier molecular flexibility index (Phi) is 6.77. The van der Waals surface area contributed by atoms with Crippen LogP contribution in [0.5, 0.6) is 5.75 Å². The molecule has 2 aromatic carbocycles. The quantitative estimate of drug-likeness (QED) is 0.821. The summed E-state index contributed by atoms with van der Waals surface area (Å²) in [6.45, 7) is 0.233. The average molecular weight is 365 g/mol. The van der Waals surface area contributed by atoms with Gasteiger partial charge in [0.25, 0.3) is 5.91 Å². The van der Waals surface area contributed by atoms with Crippen molar-refractivity contribution >= 4 is 23.4 Å². The lowest BCUT2D eigenvalue weighted by atomic mass is 10.2. The summed E-state index contributed by atoms with van der Waals surface area (Å²) < 4.78 is 18.7. The van der Waals surface area contributed by atoms with Gasteiger partial charge in [0.1, 0.15) is 6.61 Å². The zero-order valence-corrected chi connectivity index (χ0v) is 14.4. The zero-order valence-electron chi connectivity index (χ0n) is 13.7. The van der Waals surface area contributed by atoms with E-state index in [1.165, 1.54) is 17.0 Å². The van der Waals surface area contributed by atoms with Crippen molar-refractivity contribution in [1.29, 1.82) is 0 Å². The van der Waals surface area contributed by atoms with Gasteiger partial charge in [-0.1, -0.05) is 35.9 Å². The van der Waals surface area contributed by atoms with Crippen molar-refractivity contribution in [2.75, 3.05) is 26.7 Å². The summed E-state index contributed by atoms with van der Waals surface area (Å²) in [6.07, 6.45) is 0. The van der Waals surface area contributed by atoms with Crippen LogP contribution in [0.2, 0.25) is 5.02 Å². The number of likely N-dealkylation sites (N-methyl/N-ethyl adjacent to an activating group) is 1.